The molecule has 0 aromatic carbocycles. The second kappa shape index (κ2) is 5.29. The van der Waals surface area contributed by atoms with Crippen LogP contribution >= 0.6 is 11.3 Å². The molecule has 0 amide bonds. The summed E-state index contributed by atoms with van der Waals surface area (Å²) in [5.74, 6) is 0. The van der Waals surface area contributed by atoms with Crippen LogP contribution in [-0.4, -0.2) is 22.6 Å². The maximum Gasteiger partial charge on any atom is 0.328 e. The minimum atomic E-state index is -0.334. The van der Waals surface area contributed by atoms with Crippen molar-refractivity contribution in [1.82, 2.24) is 14.9 Å². The number of aromatic amines is 1. The molecule has 2 N–H and O–H groups in total. The van der Waals surface area contributed by atoms with Crippen LogP contribution in [-0.2, 0) is 6.54 Å². The van der Waals surface area contributed by atoms with E-state index in [-0.39, 0.29) is 11.2 Å². The molecule has 2 aromatic heterocycles. The van der Waals surface area contributed by atoms with E-state index in [9.17, 15) is 9.59 Å². The maximum absolute atomic E-state index is 11.7. The number of nitrogens with zero attached hydrogens (tertiary/aromatic N) is 1. The van der Waals surface area contributed by atoms with Crippen molar-refractivity contribution in [2.45, 2.75) is 19.9 Å². The van der Waals surface area contributed by atoms with Gasteiger partial charge in [-0.1, -0.05) is 6.92 Å². The monoisotopic (exact) mass is 253 g/mol. The lowest BCUT2D eigenvalue weighted by atomic mass is 10.4. The molecule has 0 aliphatic carbocycles. The highest BCUT2D eigenvalue weighted by Crippen LogP contribution is 2.13. The number of thiophene rings is 1. The minimum absolute atomic E-state index is 0.294. The van der Waals surface area contributed by atoms with Crippen LogP contribution in [0.2, 0.25) is 0 Å². The minimum Gasteiger partial charge on any atom is -0.315 e. The third-order valence-electron chi connectivity index (χ3n) is 2.55. The van der Waals surface area contributed by atoms with Crippen LogP contribution in [0.1, 0.15) is 13.3 Å². The van der Waals surface area contributed by atoms with Gasteiger partial charge in [0.15, 0.2) is 0 Å². The third-order valence-corrected chi connectivity index (χ3v) is 3.45. The zero-order chi connectivity index (χ0) is 12.3. The van der Waals surface area contributed by atoms with E-state index >= 15 is 0 Å². The van der Waals surface area contributed by atoms with E-state index in [2.05, 4.69) is 17.2 Å². The lowest BCUT2D eigenvalue weighted by molar-refractivity contribution is 0.586. The van der Waals surface area contributed by atoms with Gasteiger partial charge in [-0.3, -0.25) is 14.3 Å². The number of H-pyrrole nitrogens is 1. The van der Waals surface area contributed by atoms with Crippen LogP contribution in [0, 0.1) is 0 Å². The van der Waals surface area contributed by atoms with Gasteiger partial charge in [-0.15, -0.1) is 11.3 Å². The third kappa shape index (κ3) is 2.48. The van der Waals surface area contributed by atoms with Gasteiger partial charge in [-0.25, -0.2) is 4.79 Å². The Labute approximate surface area is 102 Å². The van der Waals surface area contributed by atoms with E-state index in [1.165, 1.54) is 11.3 Å². The Balaban J connectivity index is 2.30. The fourth-order valence-electron chi connectivity index (χ4n) is 1.73. The molecule has 2 aromatic rings. The van der Waals surface area contributed by atoms with Crippen LogP contribution in [0.25, 0.3) is 10.2 Å². The van der Waals surface area contributed by atoms with Gasteiger partial charge in [0.2, 0.25) is 0 Å². The van der Waals surface area contributed by atoms with Crippen LogP contribution in [0.15, 0.2) is 21.0 Å². The van der Waals surface area contributed by atoms with Crippen molar-refractivity contribution in [3.63, 3.8) is 0 Å². The highest BCUT2D eigenvalue weighted by molar-refractivity contribution is 7.17. The quantitative estimate of drug-likeness (QED) is 0.773. The molecule has 17 heavy (non-hydrogen) atoms. The van der Waals surface area contributed by atoms with Crippen LogP contribution in [0.5, 0.6) is 0 Å². The summed E-state index contributed by atoms with van der Waals surface area (Å²) in [5.41, 5.74) is 0.0963. The summed E-state index contributed by atoms with van der Waals surface area (Å²) in [6.45, 7) is 4.33. The molecule has 0 saturated carbocycles. The first kappa shape index (κ1) is 12.1. The Morgan fingerprint density at radius 3 is 3.00 bits per heavy atom. The molecule has 0 spiro atoms. The smallest absolute Gasteiger partial charge is 0.315 e. The second-order valence-corrected chi connectivity index (χ2v) is 4.71. The largest absolute Gasteiger partial charge is 0.328 e. The molecule has 6 heteroatoms. The van der Waals surface area contributed by atoms with E-state index in [1.807, 2.05) is 11.4 Å². The summed E-state index contributed by atoms with van der Waals surface area (Å²) in [7, 11) is 0. The lowest BCUT2D eigenvalue weighted by Gasteiger charge is -2.07. The van der Waals surface area contributed by atoms with Gasteiger partial charge in [0.25, 0.3) is 5.56 Å². The van der Waals surface area contributed by atoms with Gasteiger partial charge in [0, 0.05) is 13.1 Å². The second-order valence-electron chi connectivity index (χ2n) is 3.80. The van der Waals surface area contributed by atoms with E-state index in [1.54, 1.807) is 4.57 Å². The number of hydrogen-bond donors (Lipinski definition) is 2. The number of nitrogens with one attached hydrogen (secondary N) is 2. The zero-order valence-corrected chi connectivity index (χ0v) is 10.5. The van der Waals surface area contributed by atoms with Gasteiger partial charge in [-0.05, 0) is 24.4 Å². The first-order valence-electron chi connectivity index (χ1n) is 5.65. The molecular formula is C11H15N3O2S. The van der Waals surface area contributed by atoms with Gasteiger partial charge in [-0.2, -0.15) is 0 Å². The van der Waals surface area contributed by atoms with Crippen LogP contribution < -0.4 is 16.6 Å². The first-order chi connectivity index (χ1) is 8.24. The van der Waals surface area contributed by atoms with Gasteiger partial charge >= 0.3 is 5.69 Å². The maximum atomic E-state index is 11.7. The van der Waals surface area contributed by atoms with Gasteiger partial charge in [0.05, 0.1) is 5.52 Å². The van der Waals surface area contributed by atoms with Crippen molar-refractivity contribution in [2.24, 2.45) is 0 Å². The molecule has 0 atom stereocenters. The van der Waals surface area contributed by atoms with Crippen molar-refractivity contribution in [3.05, 3.63) is 32.3 Å². The summed E-state index contributed by atoms with van der Waals surface area (Å²) in [5, 5.41) is 5.06. The number of hydrogen-bond acceptors (Lipinski definition) is 4. The summed E-state index contributed by atoms with van der Waals surface area (Å²) >= 11 is 1.36. The van der Waals surface area contributed by atoms with Crippen molar-refractivity contribution in [3.8, 4) is 0 Å². The number of rotatable bonds is 5. The highest BCUT2D eigenvalue weighted by Gasteiger charge is 2.07. The molecule has 0 unspecified atom stereocenters. The van der Waals surface area contributed by atoms with Crippen LogP contribution in [0.4, 0.5) is 0 Å². The Morgan fingerprint density at radius 1 is 1.41 bits per heavy atom. The molecule has 0 radical (unpaired) electrons. The van der Waals surface area contributed by atoms with E-state index in [4.69, 9.17) is 0 Å². The standard InChI is InChI=1S/C11H15N3O2S/c1-2-4-12-5-6-14-8-3-7-17-9(8)10(15)13-11(14)16/h3,7,12H,2,4-6H2,1H3,(H,13,15,16). The summed E-state index contributed by atoms with van der Waals surface area (Å²) < 4.78 is 2.22. The van der Waals surface area contributed by atoms with Gasteiger partial charge < -0.3 is 5.32 Å². The predicted octanol–water partition coefficient (Wildman–Crippen LogP) is 0.751. The van der Waals surface area contributed by atoms with E-state index < -0.39 is 0 Å². The molecular weight excluding hydrogens is 238 g/mol. The van der Waals surface area contributed by atoms with Crippen molar-refractivity contribution in [1.29, 1.82) is 0 Å². The average molecular weight is 253 g/mol. The van der Waals surface area contributed by atoms with E-state index in [0.717, 1.165) is 25.0 Å². The lowest BCUT2D eigenvalue weighted by Crippen LogP contribution is -2.32. The van der Waals surface area contributed by atoms with Crippen LogP contribution in [0.3, 0.4) is 0 Å². The first-order valence-corrected chi connectivity index (χ1v) is 6.53. The SMILES string of the molecule is CCCNCCn1c(=O)[nH]c(=O)c2sccc21. The van der Waals surface area contributed by atoms with Gasteiger partial charge in [0.1, 0.15) is 4.70 Å². The topological polar surface area (TPSA) is 66.9 Å². The summed E-state index contributed by atoms with van der Waals surface area (Å²) in [4.78, 5) is 25.6. The normalized spacial score (nSPS) is 11.1. The summed E-state index contributed by atoms with van der Waals surface area (Å²) in [6.07, 6.45) is 1.06. The molecule has 2 heterocycles. The molecule has 0 aliphatic rings. The van der Waals surface area contributed by atoms with Crippen molar-refractivity contribution in [2.75, 3.05) is 13.1 Å². The molecule has 5 nitrogen and oxygen atoms in total. The fourth-order valence-corrected chi connectivity index (χ4v) is 2.52. The number of fused-ring (bicyclic) bond motifs is 1. The fraction of sp³-hybridized carbons (Fsp3) is 0.455. The molecule has 0 saturated heterocycles. The average Bonchev–Trinajstić information content (AvgIpc) is 2.77. The summed E-state index contributed by atoms with van der Waals surface area (Å²) in [6, 6.07) is 1.82. The van der Waals surface area contributed by atoms with E-state index in [0.29, 0.717) is 11.2 Å². The Morgan fingerprint density at radius 2 is 2.24 bits per heavy atom. The zero-order valence-electron chi connectivity index (χ0n) is 9.66. The highest BCUT2D eigenvalue weighted by atomic mass is 32.1. The molecule has 0 aliphatic heterocycles. The van der Waals surface area contributed by atoms with Crippen molar-refractivity contribution >= 4 is 21.6 Å². The molecule has 2 rings (SSSR count). The number of aromatic nitrogens is 2. The molecule has 92 valence electrons. The Kier molecular flexibility index (Phi) is 3.75. The molecule has 0 bridgehead atoms. The molecule has 0 fully saturated rings. The predicted molar refractivity (Wildman–Crippen MR) is 69.9 cm³/mol. The Hall–Kier alpha value is -1.40. The van der Waals surface area contributed by atoms with Crippen molar-refractivity contribution < 1.29 is 0 Å². The Bertz CT molecular complexity index is 611.